The smallest absolute Gasteiger partial charge is 0.472 e. The average molecular weight is 593 g/mol. The Balaban J connectivity index is 1.43. The Hall–Kier alpha value is -3.61. The van der Waals surface area contributed by atoms with Gasteiger partial charge in [0.2, 0.25) is 6.73 Å². The summed E-state index contributed by atoms with van der Waals surface area (Å²) in [5.74, 6) is -1.83. The van der Waals surface area contributed by atoms with Gasteiger partial charge in [0.15, 0.2) is 28.8 Å². The van der Waals surface area contributed by atoms with E-state index >= 15 is 0 Å². The lowest BCUT2D eigenvalue weighted by atomic mass is 9.97. The van der Waals surface area contributed by atoms with Crippen LogP contribution in [-0.4, -0.2) is 57.6 Å². The van der Waals surface area contributed by atoms with E-state index < -0.39 is 43.6 Å². The molecule has 0 aliphatic carbocycles. The highest BCUT2D eigenvalue weighted by Crippen LogP contribution is 2.37. The number of rotatable bonds is 7. The molecule has 3 aromatic rings. The second-order valence-corrected chi connectivity index (χ2v) is 11.0. The Bertz CT molecular complexity index is 1560. The van der Waals surface area contributed by atoms with Crippen molar-refractivity contribution in [3.8, 4) is 11.4 Å². The molecule has 41 heavy (non-hydrogen) atoms. The number of phosphoric ester groups is 1. The second kappa shape index (κ2) is 11.3. The van der Waals surface area contributed by atoms with Gasteiger partial charge in [-0.1, -0.05) is 12.1 Å². The van der Waals surface area contributed by atoms with Crippen molar-refractivity contribution < 1.29 is 51.2 Å². The molecular formula is C27H29F2N3O8P+. The molecule has 2 aliphatic rings. The summed E-state index contributed by atoms with van der Waals surface area (Å²) in [6, 6.07) is 7.76. The van der Waals surface area contributed by atoms with Crippen LogP contribution in [0.2, 0.25) is 0 Å². The van der Waals surface area contributed by atoms with Gasteiger partial charge in [-0.15, -0.1) is 0 Å². The van der Waals surface area contributed by atoms with Gasteiger partial charge >= 0.3 is 7.82 Å². The van der Waals surface area contributed by atoms with Crippen LogP contribution in [0.1, 0.15) is 29.8 Å². The lowest BCUT2D eigenvalue weighted by molar-refractivity contribution is -0.596. The normalized spacial score (nSPS) is 22.0. The highest BCUT2D eigenvalue weighted by molar-refractivity contribution is 7.46. The van der Waals surface area contributed by atoms with E-state index in [4.69, 9.17) is 24.0 Å². The Morgan fingerprint density at radius 1 is 1.17 bits per heavy atom. The summed E-state index contributed by atoms with van der Waals surface area (Å²) in [4.78, 5) is 33.3. The molecule has 2 saturated heterocycles. The number of halogens is 2. The number of hydrogen-bond donors (Lipinski definition) is 2. The molecule has 0 saturated carbocycles. The van der Waals surface area contributed by atoms with Crippen molar-refractivity contribution in [2.24, 2.45) is 0 Å². The Labute approximate surface area is 234 Å². The van der Waals surface area contributed by atoms with Gasteiger partial charge in [-0.05, 0) is 48.4 Å². The second-order valence-electron chi connectivity index (χ2n) is 9.78. The summed E-state index contributed by atoms with van der Waals surface area (Å²) in [7, 11) is -3.15. The van der Waals surface area contributed by atoms with E-state index in [0.717, 1.165) is 12.1 Å². The number of carbonyl (C=O) groups excluding carboxylic acids is 1. The van der Waals surface area contributed by atoms with Gasteiger partial charge in [0.25, 0.3) is 12.2 Å². The van der Waals surface area contributed by atoms with Crippen LogP contribution >= 0.6 is 7.82 Å². The van der Waals surface area contributed by atoms with E-state index in [0.29, 0.717) is 28.3 Å². The molecule has 14 heteroatoms. The van der Waals surface area contributed by atoms with Crippen LogP contribution in [0.5, 0.6) is 5.75 Å². The molecule has 0 unspecified atom stereocenters. The molecule has 0 radical (unpaired) electrons. The number of carbonyl (C=O) groups is 1. The molecule has 11 nitrogen and oxygen atoms in total. The highest BCUT2D eigenvalue weighted by Gasteiger charge is 2.45. The summed E-state index contributed by atoms with van der Waals surface area (Å²) in [5.41, 5.74) is 2.34. The van der Waals surface area contributed by atoms with Crippen molar-refractivity contribution >= 4 is 19.8 Å². The van der Waals surface area contributed by atoms with Gasteiger partial charge in [0.1, 0.15) is 18.0 Å². The number of phosphoric acid groups is 1. The number of hydrogen-bond acceptors (Lipinski definition) is 6. The number of methoxy groups -OCH3 is 1. The van der Waals surface area contributed by atoms with Crippen molar-refractivity contribution in [2.45, 2.75) is 38.8 Å². The quantitative estimate of drug-likeness (QED) is 0.244. The van der Waals surface area contributed by atoms with E-state index in [2.05, 4.69) is 4.52 Å². The van der Waals surface area contributed by atoms with Crippen LogP contribution < -0.4 is 9.30 Å². The summed E-state index contributed by atoms with van der Waals surface area (Å²) >= 11 is 0. The Morgan fingerprint density at radius 2 is 1.95 bits per heavy atom. The van der Waals surface area contributed by atoms with Crippen LogP contribution in [0.15, 0.2) is 54.7 Å². The molecule has 3 heterocycles. The van der Waals surface area contributed by atoms with Crippen LogP contribution in [0.4, 0.5) is 8.78 Å². The minimum absolute atomic E-state index is 0.0854. The molecule has 1 amide bonds. The third-order valence-corrected chi connectivity index (χ3v) is 7.53. The third-order valence-electron chi connectivity index (χ3n) is 7.07. The number of imidazole rings is 1. The molecule has 0 spiro atoms. The van der Waals surface area contributed by atoms with Gasteiger partial charge in [0.05, 0.1) is 32.4 Å². The van der Waals surface area contributed by atoms with Crippen LogP contribution in [-0.2, 0) is 30.1 Å². The fourth-order valence-electron chi connectivity index (χ4n) is 4.98. The van der Waals surface area contributed by atoms with Crippen molar-refractivity contribution in [2.75, 3.05) is 20.3 Å². The van der Waals surface area contributed by atoms with Crippen LogP contribution in [0.3, 0.4) is 0 Å². The fourth-order valence-corrected chi connectivity index (χ4v) is 5.25. The topological polar surface area (TPSA) is 124 Å². The van der Waals surface area contributed by atoms with E-state index in [9.17, 15) is 18.1 Å². The zero-order chi connectivity index (χ0) is 29.5. The first kappa shape index (κ1) is 28.9. The van der Waals surface area contributed by atoms with Gasteiger partial charge < -0.3 is 28.9 Å². The largest absolute Gasteiger partial charge is 0.492 e. The van der Waals surface area contributed by atoms with Gasteiger partial charge in [-0.3, -0.25) is 4.79 Å². The predicted molar refractivity (Wildman–Crippen MR) is 139 cm³/mol. The average Bonchev–Trinajstić information content (AvgIpc) is 3.31. The maximum absolute atomic E-state index is 14.0. The van der Waals surface area contributed by atoms with Crippen molar-refractivity contribution in [3.05, 3.63) is 83.1 Å². The van der Waals surface area contributed by atoms with Crippen molar-refractivity contribution in [1.82, 2.24) is 9.47 Å². The van der Waals surface area contributed by atoms with E-state index in [-0.39, 0.29) is 25.7 Å². The molecule has 2 aliphatic heterocycles. The van der Waals surface area contributed by atoms with E-state index in [1.807, 2.05) is 6.92 Å². The van der Waals surface area contributed by atoms with Gasteiger partial charge in [0, 0.05) is 6.92 Å². The summed E-state index contributed by atoms with van der Waals surface area (Å²) in [5, 5.41) is 0. The molecular weight excluding hydrogens is 563 g/mol. The number of aromatic nitrogens is 2. The zero-order valence-corrected chi connectivity index (χ0v) is 23.3. The van der Waals surface area contributed by atoms with Crippen LogP contribution in [0, 0.1) is 18.6 Å². The molecule has 5 rings (SSSR count). The number of ether oxygens (including phenoxy) is 3. The first-order chi connectivity index (χ1) is 19.4. The summed E-state index contributed by atoms with van der Waals surface area (Å²) < 4.78 is 63.8. The number of benzene rings is 2. The first-order valence-electron chi connectivity index (χ1n) is 12.7. The molecule has 1 aromatic heterocycles. The minimum atomic E-state index is -4.64. The summed E-state index contributed by atoms with van der Waals surface area (Å²) in [6.45, 7) is 3.61. The number of nitrogens with zero attached hydrogens (tertiary/aromatic N) is 3. The third kappa shape index (κ3) is 6.04. The molecule has 2 fully saturated rings. The molecule has 3 atom stereocenters. The standard InChI is InChI=1S/C27H28F2N3O8P/c1-16-11-30(14-31(16)15-39-41(34,35)36)22-7-4-18(8-25(22)37-3)9-26-27(33)32-23(17(2)40-26)12-38-13-24(32)19-5-6-20(28)21(29)10-19/h4-11,14,17,23-24H,12-13,15H2,1-3H3,(H-,34,35,36)/p+1/t17-,23+,24-/m0/s1. The first-order valence-corrected chi connectivity index (χ1v) is 14.2. The number of morpholine rings is 2. The lowest BCUT2D eigenvalue weighted by Crippen LogP contribution is -2.59. The van der Waals surface area contributed by atoms with Crippen molar-refractivity contribution in [1.29, 1.82) is 0 Å². The number of fused-ring (bicyclic) bond motifs is 1. The molecule has 0 bridgehead atoms. The van der Waals surface area contributed by atoms with Gasteiger partial charge in [-0.25, -0.2) is 22.4 Å². The maximum Gasteiger partial charge on any atom is 0.472 e. The zero-order valence-electron chi connectivity index (χ0n) is 22.4. The molecule has 2 aromatic carbocycles. The number of amides is 1. The van der Waals surface area contributed by atoms with Crippen molar-refractivity contribution in [3.63, 3.8) is 0 Å². The minimum Gasteiger partial charge on any atom is -0.492 e. The Kier molecular flexibility index (Phi) is 8.00. The molecule has 2 N–H and O–H groups in total. The summed E-state index contributed by atoms with van der Waals surface area (Å²) in [6.07, 6.45) is 4.51. The predicted octanol–water partition coefficient (Wildman–Crippen LogP) is 3.16. The van der Waals surface area contributed by atoms with E-state index in [1.54, 1.807) is 53.2 Å². The molecule has 218 valence electrons. The highest BCUT2D eigenvalue weighted by atomic mass is 31.2. The van der Waals surface area contributed by atoms with E-state index in [1.165, 1.54) is 17.7 Å². The fraction of sp³-hybridized carbons (Fsp3) is 0.333. The van der Waals surface area contributed by atoms with Gasteiger partial charge in [-0.2, -0.15) is 4.57 Å². The Morgan fingerprint density at radius 3 is 2.66 bits per heavy atom. The number of aryl methyl sites for hydroxylation is 1. The van der Waals surface area contributed by atoms with Crippen LogP contribution in [0.25, 0.3) is 11.8 Å². The SMILES string of the molecule is COc1cc(C=C2O[C@@H](C)[C@H]3COC[C@@H](c4ccc(F)c(F)c4)N3C2=O)ccc1-[n+]1cc(C)n(COP(=O)(O)O)c1. The maximum atomic E-state index is 14.0. The lowest BCUT2D eigenvalue weighted by Gasteiger charge is -2.47. The monoisotopic (exact) mass is 592 g/mol.